The van der Waals surface area contributed by atoms with E-state index in [4.69, 9.17) is 0 Å². The quantitative estimate of drug-likeness (QED) is 0.164. The van der Waals surface area contributed by atoms with Crippen molar-refractivity contribution in [1.29, 1.82) is 0 Å². The van der Waals surface area contributed by atoms with Crippen LogP contribution in [0.25, 0.3) is 49.7 Å². The molecule has 274 valence electrons. The fourth-order valence-electron chi connectivity index (χ4n) is 11.5. The lowest BCUT2D eigenvalue weighted by Crippen LogP contribution is -2.35. The van der Waals surface area contributed by atoms with Crippen LogP contribution in [0.4, 0.5) is 0 Å². The molecular formula is C57H35NO. The van der Waals surface area contributed by atoms with E-state index >= 15 is 4.79 Å². The highest BCUT2D eigenvalue weighted by molar-refractivity contribution is 6.13. The maximum atomic E-state index is 15.4. The second-order valence-electron chi connectivity index (χ2n) is 16.2. The van der Waals surface area contributed by atoms with E-state index in [0.717, 1.165) is 33.5 Å². The van der Waals surface area contributed by atoms with Crippen LogP contribution in [0.1, 0.15) is 60.4 Å². The maximum Gasteiger partial charge on any atom is 0.193 e. The van der Waals surface area contributed by atoms with Gasteiger partial charge in [0.1, 0.15) is 0 Å². The highest BCUT2D eigenvalue weighted by Crippen LogP contribution is 2.63. The summed E-state index contributed by atoms with van der Waals surface area (Å²) in [6.07, 6.45) is 0. The third kappa shape index (κ3) is 3.98. The molecule has 0 saturated heterocycles. The molecule has 2 heterocycles. The Labute approximate surface area is 342 Å². The summed E-state index contributed by atoms with van der Waals surface area (Å²) in [4.78, 5) is 15.4. The number of benzene rings is 9. The number of para-hydroxylation sites is 2. The van der Waals surface area contributed by atoms with Crippen molar-refractivity contribution in [3.63, 3.8) is 0 Å². The molecule has 0 radical (unpaired) electrons. The molecule has 2 heteroatoms. The minimum absolute atomic E-state index is 0.0117. The van der Waals surface area contributed by atoms with E-state index in [9.17, 15) is 0 Å². The molecule has 10 aromatic rings. The van der Waals surface area contributed by atoms with Crippen molar-refractivity contribution in [3.05, 3.63) is 268 Å². The van der Waals surface area contributed by atoms with Crippen molar-refractivity contribution < 1.29 is 4.79 Å². The van der Waals surface area contributed by atoms with Crippen LogP contribution < -0.4 is 0 Å². The molecule has 1 aliphatic heterocycles. The molecule has 0 bridgehead atoms. The number of rotatable bonds is 4. The molecule has 0 N–H and O–H groups in total. The van der Waals surface area contributed by atoms with Crippen LogP contribution in [0, 0.1) is 0 Å². The maximum absolute atomic E-state index is 15.4. The minimum Gasteiger partial charge on any atom is -0.309 e. The van der Waals surface area contributed by atoms with E-state index in [2.05, 4.69) is 205 Å². The number of aromatic nitrogens is 1. The molecule has 0 atom stereocenters. The number of hydrogen-bond donors (Lipinski definition) is 0. The monoisotopic (exact) mass is 749 g/mol. The van der Waals surface area contributed by atoms with E-state index in [1.54, 1.807) is 0 Å². The average Bonchev–Trinajstić information content (AvgIpc) is 3.92. The van der Waals surface area contributed by atoms with Crippen molar-refractivity contribution in [1.82, 2.24) is 4.57 Å². The van der Waals surface area contributed by atoms with Crippen molar-refractivity contribution >= 4 is 27.6 Å². The minimum atomic E-state index is -0.696. The number of ketones is 1. The predicted octanol–water partition coefficient (Wildman–Crippen LogP) is 13.1. The van der Waals surface area contributed by atoms with Gasteiger partial charge in [0.2, 0.25) is 0 Å². The molecule has 0 saturated carbocycles. The Balaban J connectivity index is 1.07. The number of fused-ring (bicyclic) bond motifs is 15. The van der Waals surface area contributed by atoms with Gasteiger partial charge in [0, 0.05) is 21.9 Å². The molecule has 3 aliphatic rings. The summed E-state index contributed by atoms with van der Waals surface area (Å²) < 4.78 is 2.43. The zero-order valence-corrected chi connectivity index (χ0v) is 32.1. The lowest BCUT2D eigenvalue weighted by Gasteiger charge is -2.42. The van der Waals surface area contributed by atoms with Gasteiger partial charge in [0.25, 0.3) is 0 Å². The fraction of sp³-hybridized carbons (Fsp3) is 0.0351. The lowest BCUT2D eigenvalue weighted by atomic mass is 9.63. The molecule has 13 rings (SSSR count). The van der Waals surface area contributed by atoms with Crippen LogP contribution in [0.3, 0.4) is 0 Å². The Bertz CT molecular complexity index is 3300. The zero-order valence-electron chi connectivity index (χ0n) is 32.1. The lowest BCUT2D eigenvalue weighted by molar-refractivity contribution is 0.103. The Morgan fingerprint density at radius 2 is 0.831 bits per heavy atom. The Morgan fingerprint density at radius 1 is 0.356 bits per heavy atom. The standard InChI is InChI=1S/C57H35NO/c59-55(36-30-32-43-42-22-9-13-27-48(42)57(50(43)34-36)46-25-11-7-20-40(46)41-21-8-12-26-47(41)57)37-31-33-53-51(35-37)56(38-16-3-1-4-17-38,39-18-5-2-6-19-39)49-28-15-24-45-44-23-10-14-29-52(44)58(53)54(45)49/h1-35H. The molecule has 0 fully saturated rings. The summed E-state index contributed by atoms with van der Waals surface area (Å²) in [6.45, 7) is 0. The van der Waals surface area contributed by atoms with Gasteiger partial charge in [-0.25, -0.2) is 0 Å². The zero-order chi connectivity index (χ0) is 38.9. The second kappa shape index (κ2) is 11.8. The summed E-state index contributed by atoms with van der Waals surface area (Å²) in [5.41, 5.74) is 18.1. The molecule has 9 aromatic carbocycles. The number of nitrogens with zero attached hydrogens (tertiary/aromatic N) is 1. The first-order valence-corrected chi connectivity index (χ1v) is 20.5. The fourth-order valence-corrected chi connectivity index (χ4v) is 11.5. The normalized spacial score (nSPS) is 14.4. The van der Waals surface area contributed by atoms with E-state index in [-0.39, 0.29) is 5.78 Å². The van der Waals surface area contributed by atoms with E-state index < -0.39 is 10.8 Å². The highest BCUT2D eigenvalue weighted by Gasteiger charge is 2.52. The van der Waals surface area contributed by atoms with Gasteiger partial charge in [0.15, 0.2) is 5.78 Å². The summed E-state index contributed by atoms with van der Waals surface area (Å²) in [5, 5.41) is 2.44. The summed E-state index contributed by atoms with van der Waals surface area (Å²) in [5.74, 6) is 0.0117. The first kappa shape index (κ1) is 32.5. The first-order chi connectivity index (χ1) is 29.2. The van der Waals surface area contributed by atoms with Crippen LogP contribution in [-0.2, 0) is 10.8 Å². The Hall–Kier alpha value is -7.55. The summed E-state index contributed by atoms with van der Waals surface area (Å²) >= 11 is 0. The Kier molecular flexibility index (Phi) is 6.48. The van der Waals surface area contributed by atoms with E-state index in [1.165, 1.54) is 60.8 Å². The van der Waals surface area contributed by atoms with Crippen molar-refractivity contribution in [2.24, 2.45) is 0 Å². The topological polar surface area (TPSA) is 22.0 Å². The molecule has 1 aromatic heterocycles. The Morgan fingerprint density at radius 3 is 1.46 bits per heavy atom. The van der Waals surface area contributed by atoms with Gasteiger partial charge in [0.05, 0.1) is 27.6 Å². The molecule has 1 spiro atoms. The highest BCUT2D eigenvalue weighted by atomic mass is 16.1. The number of carbonyl (C=O) groups is 1. The SMILES string of the molecule is O=C(c1ccc2c(c1)C1(c3ccccc3-c3ccccc31)c1ccccc1-2)c1ccc2c(c1)C(c1ccccc1)(c1ccccc1)c1cccc3c4ccccc4n-2c13. The third-order valence-electron chi connectivity index (χ3n) is 13.7. The number of carbonyl (C=O) groups excluding carboxylic acids is 1. The first-order valence-electron chi connectivity index (χ1n) is 20.5. The molecule has 0 unspecified atom stereocenters. The van der Waals surface area contributed by atoms with Gasteiger partial charge >= 0.3 is 0 Å². The third-order valence-corrected chi connectivity index (χ3v) is 13.7. The van der Waals surface area contributed by atoms with Crippen LogP contribution in [0.5, 0.6) is 0 Å². The molecule has 2 aliphatic carbocycles. The van der Waals surface area contributed by atoms with Gasteiger partial charge in [-0.05, 0) is 97.1 Å². The molecule has 2 nitrogen and oxygen atoms in total. The van der Waals surface area contributed by atoms with Gasteiger partial charge in [-0.3, -0.25) is 4.79 Å². The van der Waals surface area contributed by atoms with E-state index in [1.807, 2.05) is 12.1 Å². The second-order valence-corrected chi connectivity index (χ2v) is 16.2. The van der Waals surface area contributed by atoms with Gasteiger partial charge in [-0.15, -0.1) is 0 Å². The van der Waals surface area contributed by atoms with Crippen LogP contribution in [0.15, 0.2) is 212 Å². The summed E-state index contributed by atoms with van der Waals surface area (Å²) in [6, 6.07) is 76.5. The smallest absolute Gasteiger partial charge is 0.193 e. The van der Waals surface area contributed by atoms with Gasteiger partial charge in [-0.2, -0.15) is 0 Å². The van der Waals surface area contributed by atoms with E-state index in [0.29, 0.717) is 11.1 Å². The van der Waals surface area contributed by atoms with Gasteiger partial charge in [-0.1, -0.05) is 182 Å². The average molecular weight is 750 g/mol. The van der Waals surface area contributed by atoms with Crippen molar-refractivity contribution in [2.75, 3.05) is 0 Å². The predicted molar refractivity (Wildman–Crippen MR) is 239 cm³/mol. The molecular weight excluding hydrogens is 715 g/mol. The number of hydrogen-bond acceptors (Lipinski definition) is 1. The molecule has 0 amide bonds. The van der Waals surface area contributed by atoms with Crippen molar-refractivity contribution in [2.45, 2.75) is 10.8 Å². The largest absolute Gasteiger partial charge is 0.309 e. The van der Waals surface area contributed by atoms with Crippen LogP contribution in [-0.4, -0.2) is 10.4 Å². The summed E-state index contributed by atoms with van der Waals surface area (Å²) in [7, 11) is 0. The van der Waals surface area contributed by atoms with Gasteiger partial charge < -0.3 is 4.57 Å². The molecule has 59 heavy (non-hydrogen) atoms. The van der Waals surface area contributed by atoms with Crippen LogP contribution in [0.2, 0.25) is 0 Å². The van der Waals surface area contributed by atoms with Crippen molar-refractivity contribution in [3.8, 4) is 27.9 Å². The van der Waals surface area contributed by atoms with Crippen LogP contribution >= 0.6 is 0 Å².